The van der Waals surface area contributed by atoms with Crippen LogP contribution in [0.15, 0.2) is 66.2 Å². The fourth-order valence-electron chi connectivity index (χ4n) is 2.58. The van der Waals surface area contributed by atoms with Gasteiger partial charge in [-0.1, -0.05) is 43.0 Å². The standard InChI is InChI=1S/C22H28N4O2.HI/c1-4-13-28-21-12-7-6-10-19(21)16-25-22(23-5-2)24-15-18-9-8-11-20(14-18)26-17(3)27;/h4,6-12,14H,1,5,13,15-16H2,2-3H3,(H,26,27)(H2,23,24,25);1H. The van der Waals surface area contributed by atoms with Crippen LogP contribution in [0.2, 0.25) is 0 Å². The first-order valence-electron chi connectivity index (χ1n) is 9.32. The van der Waals surface area contributed by atoms with Crippen molar-refractivity contribution in [1.82, 2.24) is 10.6 Å². The number of para-hydroxylation sites is 1. The lowest BCUT2D eigenvalue weighted by Gasteiger charge is -2.14. The molecule has 0 aromatic heterocycles. The molecule has 0 aliphatic rings. The van der Waals surface area contributed by atoms with Gasteiger partial charge < -0.3 is 20.7 Å². The average molecular weight is 508 g/mol. The number of anilines is 1. The largest absolute Gasteiger partial charge is 0.489 e. The van der Waals surface area contributed by atoms with Gasteiger partial charge in [-0.2, -0.15) is 0 Å². The Labute approximate surface area is 189 Å². The van der Waals surface area contributed by atoms with Crippen LogP contribution in [0.5, 0.6) is 5.75 Å². The zero-order chi connectivity index (χ0) is 20.2. The molecule has 0 atom stereocenters. The van der Waals surface area contributed by atoms with Crippen molar-refractivity contribution in [3.8, 4) is 5.75 Å². The predicted octanol–water partition coefficient (Wildman–Crippen LogP) is 4.08. The molecule has 0 fully saturated rings. The van der Waals surface area contributed by atoms with Crippen molar-refractivity contribution in [1.29, 1.82) is 0 Å². The molecule has 1 amide bonds. The van der Waals surface area contributed by atoms with Crippen LogP contribution in [0.25, 0.3) is 0 Å². The van der Waals surface area contributed by atoms with E-state index in [0.29, 0.717) is 25.7 Å². The smallest absolute Gasteiger partial charge is 0.221 e. The maximum Gasteiger partial charge on any atom is 0.221 e. The van der Waals surface area contributed by atoms with Gasteiger partial charge in [-0.25, -0.2) is 4.99 Å². The van der Waals surface area contributed by atoms with Crippen molar-refractivity contribution in [2.75, 3.05) is 18.5 Å². The molecule has 0 aliphatic heterocycles. The van der Waals surface area contributed by atoms with Gasteiger partial charge in [-0.05, 0) is 30.7 Å². The first-order chi connectivity index (χ1) is 13.6. The summed E-state index contributed by atoms with van der Waals surface area (Å²) in [6.07, 6.45) is 1.73. The van der Waals surface area contributed by atoms with E-state index in [1.807, 2.05) is 55.5 Å². The highest BCUT2D eigenvalue weighted by atomic mass is 127. The van der Waals surface area contributed by atoms with E-state index >= 15 is 0 Å². The minimum atomic E-state index is -0.0898. The van der Waals surface area contributed by atoms with Gasteiger partial charge >= 0.3 is 0 Å². The Morgan fingerprint density at radius 3 is 2.69 bits per heavy atom. The maximum absolute atomic E-state index is 11.2. The third-order valence-electron chi connectivity index (χ3n) is 3.79. The molecule has 2 rings (SSSR count). The monoisotopic (exact) mass is 508 g/mol. The zero-order valence-electron chi connectivity index (χ0n) is 16.9. The molecule has 29 heavy (non-hydrogen) atoms. The van der Waals surface area contributed by atoms with Crippen molar-refractivity contribution in [2.45, 2.75) is 26.9 Å². The summed E-state index contributed by atoms with van der Waals surface area (Å²) in [7, 11) is 0. The molecule has 2 aromatic rings. The van der Waals surface area contributed by atoms with E-state index in [1.54, 1.807) is 6.08 Å². The third kappa shape index (κ3) is 8.99. The summed E-state index contributed by atoms with van der Waals surface area (Å²) in [4.78, 5) is 15.9. The van der Waals surface area contributed by atoms with E-state index in [4.69, 9.17) is 4.74 Å². The van der Waals surface area contributed by atoms with Gasteiger partial charge in [-0.15, -0.1) is 24.0 Å². The molecule has 2 aromatic carbocycles. The fraction of sp³-hybridized carbons (Fsp3) is 0.273. The highest BCUT2D eigenvalue weighted by molar-refractivity contribution is 14.0. The summed E-state index contributed by atoms with van der Waals surface area (Å²) in [5.74, 6) is 1.45. The number of hydrogen-bond acceptors (Lipinski definition) is 3. The predicted molar refractivity (Wildman–Crippen MR) is 130 cm³/mol. The third-order valence-corrected chi connectivity index (χ3v) is 3.79. The molecular formula is C22H29IN4O2. The number of nitrogens with zero attached hydrogens (tertiary/aromatic N) is 1. The number of carbonyl (C=O) groups is 1. The van der Waals surface area contributed by atoms with Crippen molar-refractivity contribution in [2.24, 2.45) is 4.99 Å². The summed E-state index contributed by atoms with van der Waals surface area (Å²) in [6.45, 7) is 9.51. The number of rotatable bonds is 9. The molecular weight excluding hydrogens is 479 g/mol. The number of ether oxygens (including phenoxy) is 1. The number of carbonyl (C=O) groups excluding carboxylic acids is 1. The van der Waals surface area contributed by atoms with Gasteiger partial charge in [0.15, 0.2) is 5.96 Å². The second-order valence-electron chi connectivity index (χ2n) is 6.14. The number of amides is 1. The zero-order valence-corrected chi connectivity index (χ0v) is 19.2. The Morgan fingerprint density at radius 2 is 1.97 bits per heavy atom. The van der Waals surface area contributed by atoms with Crippen LogP contribution in [0.4, 0.5) is 5.69 Å². The molecule has 0 saturated carbocycles. The van der Waals surface area contributed by atoms with Crippen LogP contribution in [-0.2, 0) is 17.9 Å². The van der Waals surface area contributed by atoms with Crippen LogP contribution >= 0.6 is 24.0 Å². The minimum absolute atomic E-state index is 0. The number of halogens is 1. The van der Waals surface area contributed by atoms with Crippen molar-refractivity contribution < 1.29 is 9.53 Å². The highest BCUT2D eigenvalue weighted by Crippen LogP contribution is 2.17. The van der Waals surface area contributed by atoms with Crippen LogP contribution < -0.4 is 20.7 Å². The Bertz CT molecular complexity index is 824. The lowest BCUT2D eigenvalue weighted by atomic mass is 10.2. The SMILES string of the molecule is C=CCOc1ccccc1CNC(=NCc1cccc(NC(C)=O)c1)NCC.I. The second-order valence-corrected chi connectivity index (χ2v) is 6.14. The molecule has 3 N–H and O–H groups in total. The fourth-order valence-corrected chi connectivity index (χ4v) is 2.58. The van der Waals surface area contributed by atoms with E-state index < -0.39 is 0 Å². The van der Waals surface area contributed by atoms with Crippen molar-refractivity contribution >= 4 is 41.5 Å². The van der Waals surface area contributed by atoms with Gasteiger partial charge in [0.1, 0.15) is 12.4 Å². The Hall–Kier alpha value is -2.55. The Morgan fingerprint density at radius 1 is 1.17 bits per heavy atom. The topological polar surface area (TPSA) is 74.8 Å². The first-order valence-corrected chi connectivity index (χ1v) is 9.32. The summed E-state index contributed by atoms with van der Waals surface area (Å²) in [5.41, 5.74) is 2.83. The van der Waals surface area contributed by atoms with E-state index in [-0.39, 0.29) is 29.9 Å². The molecule has 0 spiro atoms. The summed E-state index contributed by atoms with van der Waals surface area (Å²) < 4.78 is 5.70. The molecule has 0 saturated heterocycles. The van der Waals surface area contributed by atoms with Crippen LogP contribution in [-0.4, -0.2) is 25.0 Å². The molecule has 0 aliphatic carbocycles. The van der Waals surface area contributed by atoms with Crippen molar-refractivity contribution in [3.63, 3.8) is 0 Å². The lowest BCUT2D eigenvalue weighted by Crippen LogP contribution is -2.36. The van der Waals surface area contributed by atoms with Crippen LogP contribution in [0.1, 0.15) is 25.0 Å². The number of nitrogens with one attached hydrogen (secondary N) is 3. The average Bonchev–Trinajstić information content (AvgIpc) is 2.69. The molecule has 0 heterocycles. The molecule has 0 unspecified atom stereocenters. The summed E-state index contributed by atoms with van der Waals surface area (Å²) in [6, 6.07) is 15.6. The molecule has 7 heteroatoms. The first kappa shape index (κ1) is 24.5. The molecule has 0 radical (unpaired) electrons. The van der Waals surface area contributed by atoms with Gasteiger partial charge in [0.2, 0.25) is 5.91 Å². The highest BCUT2D eigenvalue weighted by Gasteiger charge is 2.04. The normalized spacial score (nSPS) is 10.5. The van der Waals surface area contributed by atoms with Crippen LogP contribution in [0, 0.1) is 0 Å². The quantitative estimate of drug-likeness (QED) is 0.207. The maximum atomic E-state index is 11.2. The van der Waals surface area contributed by atoms with E-state index in [0.717, 1.165) is 29.1 Å². The lowest BCUT2D eigenvalue weighted by molar-refractivity contribution is -0.114. The van der Waals surface area contributed by atoms with E-state index in [9.17, 15) is 4.79 Å². The molecule has 6 nitrogen and oxygen atoms in total. The molecule has 0 bridgehead atoms. The van der Waals surface area contributed by atoms with Crippen molar-refractivity contribution in [3.05, 3.63) is 72.3 Å². The Kier molecular flexibility index (Phi) is 11.5. The number of benzene rings is 2. The number of hydrogen-bond donors (Lipinski definition) is 3. The number of guanidine groups is 1. The minimum Gasteiger partial charge on any atom is -0.489 e. The van der Waals surface area contributed by atoms with Gasteiger partial charge in [0, 0.05) is 31.3 Å². The number of aliphatic imine (C=N–C) groups is 1. The molecule has 156 valence electrons. The summed E-state index contributed by atoms with van der Waals surface area (Å²) >= 11 is 0. The second kappa shape index (κ2) is 13.6. The van der Waals surface area contributed by atoms with Crippen LogP contribution in [0.3, 0.4) is 0 Å². The Balaban J connectivity index is 0.00000420. The van der Waals surface area contributed by atoms with Gasteiger partial charge in [-0.3, -0.25) is 4.79 Å². The van der Waals surface area contributed by atoms with Gasteiger partial charge in [0.05, 0.1) is 6.54 Å². The van der Waals surface area contributed by atoms with E-state index in [2.05, 4.69) is 27.5 Å². The van der Waals surface area contributed by atoms with Gasteiger partial charge in [0.25, 0.3) is 0 Å². The van der Waals surface area contributed by atoms with E-state index in [1.165, 1.54) is 6.92 Å². The summed E-state index contributed by atoms with van der Waals surface area (Å²) in [5, 5.41) is 9.37.